The molecule has 142 valence electrons. The van der Waals surface area contributed by atoms with E-state index in [4.69, 9.17) is 4.74 Å². The summed E-state index contributed by atoms with van der Waals surface area (Å²) in [7, 11) is 0. The number of ether oxygens (including phenoxy) is 1. The lowest BCUT2D eigenvalue weighted by Gasteiger charge is -2.12. The summed E-state index contributed by atoms with van der Waals surface area (Å²) in [5, 5.41) is 8.34. The Hall–Kier alpha value is -2.16. The number of nitrogens with one attached hydrogen (secondary N) is 3. The van der Waals surface area contributed by atoms with Gasteiger partial charge < -0.3 is 20.7 Å². The summed E-state index contributed by atoms with van der Waals surface area (Å²) in [5.74, 6) is -0.213. The van der Waals surface area contributed by atoms with E-state index in [-0.39, 0.29) is 18.0 Å². The molecular weight excluding hydrogens is 430 g/mol. The molecule has 1 aromatic carbocycles. The SMILES string of the molecule is O=C(/C=C/c1ccc(Br)s1)Nc1ccc(NC(=O)NCC2CCCO2)cc1. The van der Waals surface area contributed by atoms with E-state index in [1.54, 1.807) is 41.7 Å². The fourth-order valence-electron chi connectivity index (χ4n) is 2.58. The molecule has 8 heteroatoms. The summed E-state index contributed by atoms with van der Waals surface area (Å²) in [6.45, 7) is 1.27. The van der Waals surface area contributed by atoms with Crippen molar-refractivity contribution in [2.45, 2.75) is 18.9 Å². The number of thiophene rings is 1. The number of carbonyl (C=O) groups excluding carboxylic acids is 2. The Kier molecular flexibility index (Phi) is 7.03. The van der Waals surface area contributed by atoms with Gasteiger partial charge in [0.25, 0.3) is 0 Å². The number of rotatable bonds is 6. The molecule has 1 fully saturated rings. The van der Waals surface area contributed by atoms with E-state index in [9.17, 15) is 9.59 Å². The normalized spacial score (nSPS) is 16.4. The molecule has 2 heterocycles. The van der Waals surface area contributed by atoms with Crippen LogP contribution in [-0.2, 0) is 9.53 Å². The highest BCUT2D eigenvalue weighted by atomic mass is 79.9. The highest BCUT2D eigenvalue weighted by molar-refractivity contribution is 9.11. The monoisotopic (exact) mass is 449 g/mol. The maximum Gasteiger partial charge on any atom is 0.319 e. The molecule has 1 aromatic heterocycles. The molecule has 6 nitrogen and oxygen atoms in total. The molecule has 0 saturated carbocycles. The summed E-state index contributed by atoms with van der Waals surface area (Å²) >= 11 is 4.94. The number of carbonyl (C=O) groups is 2. The maximum absolute atomic E-state index is 12.0. The van der Waals surface area contributed by atoms with Crippen molar-refractivity contribution in [2.75, 3.05) is 23.8 Å². The molecule has 1 unspecified atom stereocenters. The lowest BCUT2D eigenvalue weighted by molar-refractivity contribution is -0.111. The Bertz CT molecular complexity index is 814. The minimum absolute atomic E-state index is 0.108. The van der Waals surface area contributed by atoms with Crippen molar-refractivity contribution >= 4 is 56.7 Å². The number of amides is 3. The fourth-order valence-corrected chi connectivity index (χ4v) is 3.91. The third-order valence-electron chi connectivity index (χ3n) is 3.92. The lowest BCUT2D eigenvalue weighted by atomic mass is 10.2. The van der Waals surface area contributed by atoms with Crippen molar-refractivity contribution in [3.8, 4) is 0 Å². The van der Waals surface area contributed by atoms with Crippen LogP contribution < -0.4 is 16.0 Å². The van der Waals surface area contributed by atoms with Gasteiger partial charge in [-0.05, 0) is 71.2 Å². The quantitative estimate of drug-likeness (QED) is 0.569. The molecule has 3 N–H and O–H groups in total. The number of anilines is 2. The van der Waals surface area contributed by atoms with Gasteiger partial charge >= 0.3 is 6.03 Å². The van der Waals surface area contributed by atoms with Gasteiger partial charge in [-0.1, -0.05) is 0 Å². The summed E-state index contributed by atoms with van der Waals surface area (Å²) in [6.07, 6.45) is 5.38. The number of hydrogen-bond acceptors (Lipinski definition) is 4. The summed E-state index contributed by atoms with van der Waals surface area (Å²) < 4.78 is 6.48. The zero-order valence-electron chi connectivity index (χ0n) is 14.5. The van der Waals surface area contributed by atoms with Crippen LogP contribution in [0.1, 0.15) is 17.7 Å². The standard InChI is InChI=1S/C19H20BrN3O3S/c20-17-9-7-16(27-17)8-10-18(24)22-13-3-5-14(6-4-13)23-19(25)21-12-15-2-1-11-26-15/h3-10,15H,1-2,11-12H2,(H,22,24)(H2,21,23,25)/b10-8+. The highest BCUT2D eigenvalue weighted by Gasteiger charge is 2.16. The molecule has 1 aliphatic heterocycles. The van der Waals surface area contributed by atoms with Crippen LogP contribution in [0.2, 0.25) is 0 Å². The van der Waals surface area contributed by atoms with E-state index in [0.29, 0.717) is 17.9 Å². The fraction of sp³-hybridized carbons (Fsp3) is 0.263. The van der Waals surface area contributed by atoms with Crippen molar-refractivity contribution in [1.82, 2.24) is 5.32 Å². The van der Waals surface area contributed by atoms with Crippen molar-refractivity contribution in [3.05, 3.63) is 51.1 Å². The Labute approximate surface area is 170 Å². The van der Waals surface area contributed by atoms with Gasteiger partial charge in [-0.25, -0.2) is 4.79 Å². The molecule has 0 spiro atoms. The average Bonchev–Trinajstić information content (AvgIpc) is 3.31. The van der Waals surface area contributed by atoms with Gasteiger partial charge in [0.05, 0.1) is 9.89 Å². The third kappa shape index (κ3) is 6.50. The van der Waals surface area contributed by atoms with Crippen LogP contribution in [0.4, 0.5) is 16.2 Å². The van der Waals surface area contributed by atoms with E-state index in [2.05, 4.69) is 31.9 Å². The summed E-state index contributed by atoms with van der Waals surface area (Å²) in [6, 6.07) is 10.6. The van der Waals surface area contributed by atoms with Gasteiger partial charge in [0.2, 0.25) is 5.91 Å². The van der Waals surface area contributed by atoms with Crippen molar-refractivity contribution < 1.29 is 14.3 Å². The minimum Gasteiger partial charge on any atom is -0.376 e. The predicted octanol–water partition coefficient (Wildman–Crippen LogP) is 4.46. The van der Waals surface area contributed by atoms with E-state index < -0.39 is 0 Å². The first kappa shape index (κ1) is 19.6. The molecule has 1 aliphatic rings. The van der Waals surface area contributed by atoms with Crippen LogP contribution in [0, 0.1) is 0 Å². The van der Waals surface area contributed by atoms with Crippen molar-refractivity contribution in [3.63, 3.8) is 0 Å². The number of hydrogen-bond donors (Lipinski definition) is 3. The average molecular weight is 450 g/mol. The lowest BCUT2D eigenvalue weighted by Crippen LogP contribution is -2.35. The molecule has 3 amide bonds. The van der Waals surface area contributed by atoms with E-state index in [1.165, 1.54) is 6.08 Å². The molecule has 0 bridgehead atoms. The van der Waals surface area contributed by atoms with E-state index in [1.807, 2.05) is 12.1 Å². The van der Waals surface area contributed by atoms with Crippen LogP contribution in [-0.4, -0.2) is 31.2 Å². The number of benzene rings is 1. The Morgan fingerprint density at radius 2 is 1.89 bits per heavy atom. The van der Waals surface area contributed by atoms with Crippen LogP contribution in [0.15, 0.2) is 46.3 Å². The number of urea groups is 1. The smallest absolute Gasteiger partial charge is 0.319 e. The Balaban J connectivity index is 1.44. The molecule has 1 saturated heterocycles. The molecule has 1 atom stereocenters. The van der Waals surface area contributed by atoms with Gasteiger partial charge in [0.1, 0.15) is 0 Å². The highest BCUT2D eigenvalue weighted by Crippen LogP contribution is 2.23. The topological polar surface area (TPSA) is 79.5 Å². The largest absolute Gasteiger partial charge is 0.376 e. The second-order valence-corrected chi connectivity index (χ2v) is 8.51. The van der Waals surface area contributed by atoms with Crippen molar-refractivity contribution in [2.24, 2.45) is 0 Å². The molecule has 0 aliphatic carbocycles. The summed E-state index contributed by atoms with van der Waals surface area (Å²) in [5.41, 5.74) is 1.30. The second-order valence-electron chi connectivity index (χ2n) is 6.01. The first-order valence-corrected chi connectivity index (χ1v) is 10.2. The van der Waals surface area contributed by atoms with Crippen LogP contribution in [0.5, 0.6) is 0 Å². The number of halogens is 1. The molecule has 27 heavy (non-hydrogen) atoms. The van der Waals surface area contributed by atoms with E-state index in [0.717, 1.165) is 28.1 Å². The molecule has 0 radical (unpaired) electrons. The maximum atomic E-state index is 12.0. The molecule has 3 rings (SSSR count). The third-order valence-corrected chi connectivity index (χ3v) is 5.51. The zero-order valence-corrected chi connectivity index (χ0v) is 16.9. The van der Waals surface area contributed by atoms with Crippen LogP contribution in [0.25, 0.3) is 6.08 Å². The van der Waals surface area contributed by atoms with Gasteiger partial charge in [-0.15, -0.1) is 11.3 Å². The predicted molar refractivity (Wildman–Crippen MR) is 112 cm³/mol. The van der Waals surface area contributed by atoms with Crippen LogP contribution >= 0.6 is 27.3 Å². The van der Waals surface area contributed by atoms with Gasteiger partial charge in [0, 0.05) is 35.5 Å². The van der Waals surface area contributed by atoms with Crippen molar-refractivity contribution in [1.29, 1.82) is 0 Å². The van der Waals surface area contributed by atoms with Crippen LogP contribution in [0.3, 0.4) is 0 Å². The van der Waals surface area contributed by atoms with Gasteiger partial charge in [0.15, 0.2) is 0 Å². The van der Waals surface area contributed by atoms with Gasteiger partial charge in [-0.2, -0.15) is 0 Å². The molecule has 2 aromatic rings. The Morgan fingerprint density at radius 3 is 2.52 bits per heavy atom. The summed E-state index contributed by atoms with van der Waals surface area (Å²) in [4.78, 5) is 24.9. The first-order valence-electron chi connectivity index (χ1n) is 8.59. The zero-order chi connectivity index (χ0) is 19.1. The Morgan fingerprint density at radius 1 is 1.15 bits per heavy atom. The second kappa shape index (κ2) is 9.68. The molecular formula is C19H20BrN3O3S. The minimum atomic E-state index is -0.271. The first-order chi connectivity index (χ1) is 13.1. The van der Waals surface area contributed by atoms with E-state index >= 15 is 0 Å². The van der Waals surface area contributed by atoms with Gasteiger partial charge in [-0.3, -0.25) is 4.79 Å².